The van der Waals surface area contributed by atoms with Gasteiger partial charge in [-0.2, -0.15) is 0 Å². The summed E-state index contributed by atoms with van der Waals surface area (Å²) in [7, 11) is 0. The third kappa shape index (κ3) is 3.20. The maximum Gasteiger partial charge on any atom is 0.267 e. The molecular weight excluding hydrogens is 248 g/mol. The molecule has 0 spiro atoms. The fourth-order valence-corrected chi connectivity index (χ4v) is 1.58. The van der Waals surface area contributed by atoms with E-state index in [4.69, 9.17) is 9.62 Å². The SMILES string of the molecule is O=C(/C=C/c1cccn(Cc2ccco2)c1=O)NO. The quantitative estimate of drug-likeness (QED) is 0.488. The summed E-state index contributed by atoms with van der Waals surface area (Å²) in [6, 6.07) is 6.80. The Labute approximate surface area is 108 Å². The zero-order valence-corrected chi connectivity index (χ0v) is 9.95. The summed E-state index contributed by atoms with van der Waals surface area (Å²) < 4.78 is 6.64. The molecule has 0 saturated carbocycles. The van der Waals surface area contributed by atoms with Crippen molar-refractivity contribution in [1.82, 2.24) is 10.0 Å². The molecule has 0 fully saturated rings. The summed E-state index contributed by atoms with van der Waals surface area (Å²) in [5.41, 5.74) is 1.55. The van der Waals surface area contributed by atoms with Crippen molar-refractivity contribution in [2.45, 2.75) is 6.54 Å². The van der Waals surface area contributed by atoms with E-state index in [2.05, 4.69) is 0 Å². The van der Waals surface area contributed by atoms with E-state index in [-0.39, 0.29) is 5.56 Å². The van der Waals surface area contributed by atoms with E-state index in [0.717, 1.165) is 6.08 Å². The van der Waals surface area contributed by atoms with Gasteiger partial charge in [-0.15, -0.1) is 0 Å². The topological polar surface area (TPSA) is 84.5 Å². The Morgan fingerprint density at radius 3 is 2.95 bits per heavy atom. The molecule has 6 nitrogen and oxygen atoms in total. The predicted octanol–water partition coefficient (Wildman–Crippen LogP) is 1.01. The first-order chi connectivity index (χ1) is 9.20. The molecular formula is C13H12N2O4. The zero-order chi connectivity index (χ0) is 13.7. The van der Waals surface area contributed by atoms with E-state index in [9.17, 15) is 9.59 Å². The van der Waals surface area contributed by atoms with Gasteiger partial charge in [0.15, 0.2) is 0 Å². The molecule has 2 heterocycles. The van der Waals surface area contributed by atoms with Crippen LogP contribution in [0.3, 0.4) is 0 Å². The predicted molar refractivity (Wildman–Crippen MR) is 67.5 cm³/mol. The van der Waals surface area contributed by atoms with Crippen molar-refractivity contribution in [2.75, 3.05) is 0 Å². The summed E-state index contributed by atoms with van der Waals surface area (Å²) in [6.07, 6.45) is 5.59. The molecule has 0 atom stereocenters. The monoisotopic (exact) mass is 260 g/mol. The van der Waals surface area contributed by atoms with Crippen molar-refractivity contribution < 1.29 is 14.4 Å². The molecule has 2 aromatic heterocycles. The number of carbonyl (C=O) groups is 1. The third-order valence-electron chi connectivity index (χ3n) is 2.48. The Morgan fingerprint density at radius 1 is 1.42 bits per heavy atom. The van der Waals surface area contributed by atoms with Gasteiger partial charge in [-0.05, 0) is 30.3 Å². The van der Waals surface area contributed by atoms with Gasteiger partial charge in [0.25, 0.3) is 11.5 Å². The molecule has 1 amide bonds. The molecule has 0 saturated heterocycles. The lowest BCUT2D eigenvalue weighted by Gasteiger charge is -2.04. The van der Waals surface area contributed by atoms with E-state index in [1.54, 1.807) is 30.5 Å². The first-order valence-corrected chi connectivity index (χ1v) is 5.54. The zero-order valence-electron chi connectivity index (χ0n) is 9.95. The molecule has 2 rings (SSSR count). The van der Waals surface area contributed by atoms with Crippen molar-refractivity contribution >= 4 is 12.0 Å². The summed E-state index contributed by atoms with van der Waals surface area (Å²) in [4.78, 5) is 22.9. The average molecular weight is 260 g/mol. The smallest absolute Gasteiger partial charge is 0.267 e. The Kier molecular flexibility index (Phi) is 3.94. The summed E-state index contributed by atoms with van der Waals surface area (Å²) in [5.74, 6) is -0.0304. The number of aromatic nitrogens is 1. The van der Waals surface area contributed by atoms with E-state index < -0.39 is 5.91 Å². The fraction of sp³-hybridized carbons (Fsp3) is 0.0769. The molecule has 0 aliphatic heterocycles. The molecule has 0 aliphatic carbocycles. The second-order valence-electron chi connectivity index (χ2n) is 3.79. The van der Waals surface area contributed by atoms with Crippen LogP contribution in [0.5, 0.6) is 0 Å². The van der Waals surface area contributed by atoms with Gasteiger partial charge in [0.05, 0.1) is 12.8 Å². The normalized spacial score (nSPS) is 10.8. The van der Waals surface area contributed by atoms with Crippen molar-refractivity contribution in [3.8, 4) is 0 Å². The molecule has 2 N–H and O–H groups in total. The lowest BCUT2D eigenvalue weighted by atomic mass is 10.2. The van der Waals surface area contributed by atoms with Gasteiger partial charge in [0, 0.05) is 17.8 Å². The minimum Gasteiger partial charge on any atom is -0.467 e. The number of pyridine rings is 1. The number of nitrogens with zero attached hydrogens (tertiary/aromatic N) is 1. The van der Waals surface area contributed by atoms with Gasteiger partial charge < -0.3 is 8.98 Å². The minimum absolute atomic E-state index is 0.249. The lowest BCUT2D eigenvalue weighted by Crippen LogP contribution is -2.22. The highest BCUT2D eigenvalue weighted by Gasteiger charge is 2.03. The van der Waals surface area contributed by atoms with Crippen LogP contribution in [0.4, 0.5) is 0 Å². The highest BCUT2D eigenvalue weighted by Crippen LogP contribution is 2.03. The minimum atomic E-state index is -0.694. The highest BCUT2D eigenvalue weighted by molar-refractivity contribution is 5.90. The van der Waals surface area contributed by atoms with Gasteiger partial charge >= 0.3 is 0 Å². The van der Waals surface area contributed by atoms with Crippen LogP contribution in [0.2, 0.25) is 0 Å². The van der Waals surface area contributed by atoms with Crippen molar-refractivity contribution in [1.29, 1.82) is 0 Å². The van der Waals surface area contributed by atoms with Crippen LogP contribution in [-0.2, 0) is 11.3 Å². The summed E-state index contributed by atoms with van der Waals surface area (Å²) in [5, 5.41) is 8.36. The van der Waals surface area contributed by atoms with Gasteiger partial charge in [0.2, 0.25) is 0 Å². The van der Waals surface area contributed by atoms with Crippen LogP contribution in [0, 0.1) is 0 Å². The number of furan rings is 1. The molecule has 0 radical (unpaired) electrons. The van der Waals surface area contributed by atoms with Crippen LogP contribution >= 0.6 is 0 Å². The van der Waals surface area contributed by atoms with Crippen LogP contribution in [0.1, 0.15) is 11.3 Å². The second-order valence-corrected chi connectivity index (χ2v) is 3.79. The molecule has 19 heavy (non-hydrogen) atoms. The number of carbonyl (C=O) groups excluding carboxylic acids is 1. The third-order valence-corrected chi connectivity index (χ3v) is 2.48. The number of hydrogen-bond donors (Lipinski definition) is 2. The number of nitrogens with one attached hydrogen (secondary N) is 1. The molecule has 2 aromatic rings. The van der Waals surface area contributed by atoms with Gasteiger partial charge in [-0.1, -0.05) is 0 Å². The Balaban J connectivity index is 2.25. The Morgan fingerprint density at radius 2 is 2.26 bits per heavy atom. The molecule has 0 aromatic carbocycles. The molecule has 6 heteroatoms. The first-order valence-electron chi connectivity index (χ1n) is 5.54. The summed E-state index contributed by atoms with van der Waals surface area (Å²) in [6.45, 7) is 0.319. The maximum absolute atomic E-state index is 12.1. The van der Waals surface area contributed by atoms with Crippen LogP contribution in [0.15, 0.2) is 52.0 Å². The van der Waals surface area contributed by atoms with E-state index in [1.807, 2.05) is 0 Å². The first kappa shape index (κ1) is 12.8. The molecule has 0 aliphatic rings. The van der Waals surface area contributed by atoms with E-state index >= 15 is 0 Å². The molecule has 0 bridgehead atoms. The van der Waals surface area contributed by atoms with Crippen LogP contribution < -0.4 is 11.0 Å². The largest absolute Gasteiger partial charge is 0.467 e. The van der Waals surface area contributed by atoms with Gasteiger partial charge in [-0.25, -0.2) is 5.48 Å². The average Bonchev–Trinajstić information content (AvgIpc) is 2.92. The van der Waals surface area contributed by atoms with E-state index in [0.29, 0.717) is 17.9 Å². The van der Waals surface area contributed by atoms with Crippen molar-refractivity contribution in [3.05, 3.63) is 64.5 Å². The standard InChI is InChI=1S/C13H12N2O4/c16-12(14-18)6-5-10-3-1-7-15(13(10)17)9-11-4-2-8-19-11/h1-8,18H,9H2,(H,14,16)/b6-5+. The molecule has 98 valence electrons. The highest BCUT2D eigenvalue weighted by atomic mass is 16.5. The number of rotatable bonds is 4. The Bertz CT molecular complexity index is 641. The van der Waals surface area contributed by atoms with Crippen molar-refractivity contribution in [3.63, 3.8) is 0 Å². The second kappa shape index (κ2) is 5.83. The number of hydroxylamine groups is 1. The van der Waals surface area contributed by atoms with E-state index in [1.165, 1.54) is 22.4 Å². The lowest BCUT2D eigenvalue weighted by molar-refractivity contribution is -0.124. The van der Waals surface area contributed by atoms with Gasteiger partial charge in [0.1, 0.15) is 5.76 Å². The van der Waals surface area contributed by atoms with Crippen LogP contribution in [-0.4, -0.2) is 15.7 Å². The fourth-order valence-electron chi connectivity index (χ4n) is 1.58. The van der Waals surface area contributed by atoms with Crippen molar-refractivity contribution in [2.24, 2.45) is 0 Å². The number of hydrogen-bond acceptors (Lipinski definition) is 4. The molecule has 0 unspecified atom stereocenters. The summed E-state index contributed by atoms with van der Waals surface area (Å²) >= 11 is 0. The maximum atomic E-state index is 12.1. The van der Waals surface area contributed by atoms with Crippen LogP contribution in [0.25, 0.3) is 6.08 Å². The Hall–Kier alpha value is -2.60. The van der Waals surface area contributed by atoms with Gasteiger partial charge in [-0.3, -0.25) is 14.8 Å². The number of amides is 1.